The van der Waals surface area contributed by atoms with Gasteiger partial charge in [-0.05, 0) is 47.7 Å². The molecule has 1 aromatic rings. The van der Waals surface area contributed by atoms with E-state index in [0.717, 1.165) is 29.0 Å². The quantitative estimate of drug-likeness (QED) is 0.485. The van der Waals surface area contributed by atoms with Gasteiger partial charge in [-0.2, -0.15) is 0 Å². The van der Waals surface area contributed by atoms with E-state index in [1.54, 1.807) is 13.0 Å². The number of hydrogen-bond acceptors (Lipinski definition) is 3. The molecule has 0 unspecified atom stereocenters. The largest absolute Gasteiger partial charge is 0.384 e. The molecule has 1 N–H and O–H groups in total. The van der Waals surface area contributed by atoms with Crippen molar-refractivity contribution >= 4 is 27.3 Å². The number of halogens is 1. The molecule has 0 saturated heterocycles. The number of anilines is 1. The van der Waals surface area contributed by atoms with Crippen LogP contribution < -0.4 is 5.32 Å². The van der Waals surface area contributed by atoms with Gasteiger partial charge in [0.25, 0.3) is 5.69 Å². The third-order valence-corrected chi connectivity index (χ3v) is 3.94. The number of nitro benzene ring substituents is 1. The summed E-state index contributed by atoms with van der Waals surface area (Å²) < 4.78 is 0.756. The van der Waals surface area contributed by atoms with Crippen molar-refractivity contribution in [2.75, 3.05) is 11.9 Å². The SMILES string of the molecule is Cc1cc(NCCCC2CC2)c(Br)cc1[N+](=O)[O-]. The molecule has 0 bridgehead atoms. The van der Waals surface area contributed by atoms with Gasteiger partial charge in [0.2, 0.25) is 0 Å². The molecule has 0 spiro atoms. The second-order valence-electron chi connectivity index (χ2n) is 4.89. The van der Waals surface area contributed by atoms with Gasteiger partial charge in [-0.1, -0.05) is 12.8 Å². The molecule has 0 aliphatic heterocycles. The van der Waals surface area contributed by atoms with E-state index >= 15 is 0 Å². The zero-order valence-electron chi connectivity index (χ0n) is 10.4. The predicted octanol–water partition coefficient (Wildman–Crippen LogP) is 4.27. The van der Waals surface area contributed by atoms with Gasteiger partial charge in [0.1, 0.15) is 0 Å². The Morgan fingerprint density at radius 2 is 2.22 bits per heavy atom. The van der Waals surface area contributed by atoms with Gasteiger partial charge < -0.3 is 5.32 Å². The lowest BCUT2D eigenvalue weighted by Crippen LogP contribution is -2.03. The summed E-state index contributed by atoms with van der Waals surface area (Å²) in [7, 11) is 0. The Kier molecular flexibility index (Phi) is 4.22. The Morgan fingerprint density at radius 1 is 1.50 bits per heavy atom. The molecule has 0 atom stereocenters. The van der Waals surface area contributed by atoms with Crippen molar-refractivity contribution in [3.8, 4) is 0 Å². The third-order valence-electron chi connectivity index (χ3n) is 3.28. The van der Waals surface area contributed by atoms with Gasteiger partial charge in [-0.25, -0.2) is 0 Å². The van der Waals surface area contributed by atoms with Crippen LogP contribution in [0.15, 0.2) is 16.6 Å². The minimum Gasteiger partial charge on any atom is -0.384 e. The van der Waals surface area contributed by atoms with Crippen molar-refractivity contribution in [1.29, 1.82) is 0 Å². The van der Waals surface area contributed by atoms with E-state index in [-0.39, 0.29) is 10.6 Å². The first-order chi connectivity index (χ1) is 8.58. The van der Waals surface area contributed by atoms with Gasteiger partial charge in [0, 0.05) is 28.3 Å². The van der Waals surface area contributed by atoms with Crippen LogP contribution in [0.1, 0.15) is 31.2 Å². The molecule has 0 heterocycles. The molecule has 5 heteroatoms. The first-order valence-corrected chi connectivity index (χ1v) is 7.05. The van der Waals surface area contributed by atoms with Gasteiger partial charge in [0.15, 0.2) is 0 Å². The summed E-state index contributed by atoms with van der Waals surface area (Å²) >= 11 is 3.38. The smallest absolute Gasteiger partial charge is 0.273 e. The first-order valence-electron chi connectivity index (χ1n) is 6.26. The van der Waals surface area contributed by atoms with E-state index in [2.05, 4.69) is 21.2 Å². The summed E-state index contributed by atoms with van der Waals surface area (Å²) in [4.78, 5) is 10.4. The summed E-state index contributed by atoms with van der Waals surface area (Å²) in [6.45, 7) is 2.69. The van der Waals surface area contributed by atoms with Gasteiger partial charge >= 0.3 is 0 Å². The average Bonchev–Trinajstić information content (AvgIpc) is 3.12. The van der Waals surface area contributed by atoms with Crippen LogP contribution in [0.25, 0.3) is 0 Å². The Labute approximate surface area is 115 Å². The minimum absolute atomic E-state index is 0.158. The maximum absolute atomic E-state index is 10.8. The molecular formula is C13H17BrN2O2. The molecule has 2 rings (SSSR count). The summed E-state index contributed by atoms with van der Waals surface area (Å²) in [5.41, 5.74) is 1.78. The van der Waals surface area contributed by atoms with E-state index in [0.29, 0.717) is 5.56 Å². The fraction of sp³-hybridized carbons (Fsp3) is 0.538. The van der Waals surface area contributed by atoms with Crippen molar-refractivity contribution in [2.24, 2.45) is 5.92 Å². The highest BCUT2D eigenvalue weighted by molar-refractivity contribution is 9.10. The summed E-state index contributed by atoms with van der Waals surface area (Å²) in [6.07, 6.45) is 5.23. The van der Waals surface area contributed by atoms with Crippen molar-refractivity contribution in [1.82, 2.24) is 0 Å². The average molecular weight is 313 g/mol. The Bertz CT molecular complexity index is 459. The second-order valence-corrected chi connectivity index (χ2v) is 5.74. The standard InChI is InChI=1S/C13H17BrN2O2/c1-9-7-12(11(14)8-13(9)16(17)18)15-6-2-3-10-4-5-10/h7-8,10,15H,2-6H2,1H3. The number of nitrogens with one attached hydrogen (secondary N) is 1. The van der Waals surface area contributed by atoms with Crippen LogP contribution in [0, 0.1) is 23.0 Å². The maximum Gasteiger partial charge on any atom is 0.273 e. The van der Waals surface area contributed by atoms with E-state index in [9.17, 15) is 10.1 Å². The lowest BCUT2D eigenvalue weighted by molar-refractivity contribution is -0.385. The summed E-state index contributed by atoms with van der Waals surface area (Å²) in [5, 5.41) is 14.1. The molecule has 1 saturated carbocycles. The van der Waals surface area contributed by atoms with Gasteiger partial charge in [-0.15, -0.1) is 0 Å². The second kappa shape index (κ2) is 5.69. The van der Waals surface area contributed by atoms with Crippen LogP contribution >= 0.6 is 15.9 Å². The molecule has 1 aromatic carbocycles. The maximum atomic E-state index is 10.8. The van der Waals surface area contributed by atoms with Crippen LogP contribution in [0.5, 0.6) is 0 Å². The molecule has 98 valence electrons. The first kappa shape index (κ1) is 13.3. The molecule has 1 aliphatic carbocycles. The fourth-order valence-electron chi connectivity index (χ4n) is 2.02. The van der Waals surface area contributed by atoms with E-state index in [1.807, 2.05) is 6.07 Å². The number of aryl methyl sites for hydroxylation is 1. The lowest BCUT2D eigenvalue weighted by atomic mass is 10.1. The van der Waals surface area contributed by atoms with Crippen LogP contribution in [-0.2, 0) is 0 Å². The highest BCUT2D eigenvalue weighted by Gasteiger charge is 2.20. The summed E-state index contributed by atoms with van der Waals surface area (Å²) in [6, 6.07) is 3.40. The number of nitro groups is 1. The number of hydrogen-bond donors (Lipinski definition) is 1. The van der Waals surface area contributed by atoms with Crippen LogP contribution in [0.4, 0.5) is 11.4 Å². The van der Waals surface area contributed by atoms with Crippen LogP contribution in [0.2, 0.25) is 0 Å². The third kappa shape index (κ3) is 3.45. The topological polar surface area (TPSA) is 55.2 Å². The normalized spacial score (nSPS) is 14.6. The lowest BCUT2D eigenvalue weighted by Gasteiger charge is -2.09. The predicted molar refractivity (Wildman–Crippen MR) is 76.0 cm³/mol. The Hall–Kier alpha value is -1.10. The zero-order chi connectivity index (χ0) is 13.1. The Morgan fingerprint density at radius 3 is 2.83 bits per heavy atom. The van der Waals surface area contributed by atoms with Crippen molar-refractivity contribution in [3.05, 3.63) is 32.3 Å². The molecule has 0 radical (unpaired) electrons. The van der Waals surface area contributed by atoms with Gasteiger partial charge in [0.05, 0.1) is 4.92 Å². The molecular weight excluding hydrogens is 296 g/mol. The zero-order valence-corrected chi connectivity index (χ0v) is 12.0. The minimum atomic E-state index is -0.350. The van der Waals surface area contributed by atoms with Crippen molar-refractivity contribution in [2.45, 2.75) is 32.6 Å². The summed E-state index contributed by atoms with van der Waals surface area (Å²) in [5.74, 6) is 0.953. The fourth-order valence-corrected chi connectivity index (χ4v) is 2.49. The monoisotopic (exact) mass is 312 g/mol. The molecule has 18 heavy (non-hydrogen) atoms. The van der Waals surface area contributed by atoms with Crippen molar-refractivity contribution < 1.29 is 4.92 Å². The number of rotatable bonds is 6. The molecule has 4 nitrogen and oxygen atoms in total. The highest BCUT2D eigenvalue weighted by atomic mass is 79.9. The number of nitrogens with zero attached hydrogens (tertiary/aromatic N) is 1. The van der Waals surface area contributed by atoms with E-state index in [4.69, 9.17) is 0 Å². The van der Waals surface area contributed by atoms with E-state index in [1.165, 1.54) is 19.3 Å². The molecule has 0 amide bonds. The van der Waals surface area contributed by atoms with Crippen molar-refractivity contribution in [3.63, 3.8) is 0 Å². The number of benzene rings is 1. The van der Waals surface area contributed by atoms with E-state index < -0.39 is 0 Å². The van der Waals surface area contributed by atoms with Gasteiger partial charge in [-0.3, -0.25) is 10.1 Å². The molecule has 0 aromatic heterocycles. The Balaban J connectivity index is 1.94. The van der Waals surface area contributed by atoms with Crippen LogP contribution in [0.3, 0.4) is 0 Å². The molecule has 1 aliphatic rings. The molecule has 1 fully saturated rings. The van der Waals surface area contributed by atoms with Crippen LogP contribution in [-0.4, -0.2) is 11.5 Å². The highest BCUT2D eigenvalue weighted by Crippen LogP contribution is 2.34.